The van der Waals surface area contributed by atoms with Gasteiger partial charge >= 0.3 is 0 Å². The summed E-state index contributed by atoms with van der Waals surface area (Å²) in [5, 5.41) is 8.34. The monoisotopic (exact) mass is 436 g/mol. The zero-order valence-corrected chi connectivity index (χ0v) is 18.3. The van der Waals surface area contributed by atoms with Crippen molar-refractivity contribution in [1.82, 2.24) is 29.8 Å². The molecule has 0 N–H and O–H groups in total. The largest absolute Gasteiger partial charge is 0.375 e. The third-order valence-corrected chi connectivity index (χ3v) is 6.64. The highest BCUT2D eigenvalue weighted by Crippen LogP contribution is 2.39. The van der Waals surface area contributed by atoms with Crippen LogP contribution in [0.1, 0.15) is 49.0 Å². The topological polar surface area (TPSA) is 99.2 Å². The molecule has 0 aliphatic carbocycles. The highest BCUT2D eigenvalue weighted by Gasteiger charge is 2.41. The molecule has 0 bridgehead atoms. The van der Waals surface area contributed by atoms with Crippen molar-refractivity contribution in [3.63, 3.8) is 0 Å². The van der Waals surface area contributed by atoms with E-state index in [1.54, 1.807) is 29.3 Å². The average molecular weight is 437 g/mol. The maximum absolute atomic E-state index is 12.9. The highest BCUT2D eigenvalue weighted by molar-refractivity contribution is 5.92. The molecule has 2 aliphatic heterocycles. The minimum Gasteiger partial charge on any atom is -0.375 e. The van der Waals surface area contributed by atoms with Gasteiger partial charge in [0.25, 0.3) is 5.91 Å². The smallest absolute Gasteiger partial charge is 0.272 e. The van der Waals surface area contributed by atoms with E-state index in [0.29, 0.717) is 43.0 Å². The summed E-state index contributed by atoms with van der Waals surface area (Å²) in [5.74, 6) is 1.72. The fraction of sp³-hybridized carbons (Fsp3) is 0.522. The van der Waals surface area contributed by atoms with Crippen molar-refractivity contribution in [3.05, 3.63) is 48.4 Å². The van der Waals surface area contributed by atoms with E-state index in [1.807, 2.05) is 24.0 Å². The summed E-state index contributed by atoms with van der Waals surface area (Å²) < 4.78 is 13.6. The van der Waals surface area contributed by atoms with Crippen LogP contribution in [0.2, 0.25) is 0 Å². The fourth-order valence-corrected chi connectivity index (χ4v) is 4.89. The van der Waals surface area contributed by atoms with Gasteiger partial charge in [0.1, 0.15) is 5.69 Å². The number of hydrogen-bond donors (Lipinski definition) is 0. The Morgan fingerprint density at radius 2 is 2.12 bits per heavy atom. The Bertz CT molecular complexity index is 1050. The molecule has 2 aliphatic rings. The molecule has 1 unspecified atom stereocenters. The van der Waals surface area contributed by atoms with Gasteiger partial charge in [-0.1, -0.05) is 5.16 Å². The van der Waals surface area contributed by atoms with E-state index in [2.05, 4.69) is 20.2 Å². The number of hydrogen-bond acceptors (Lipinski definition) is 7. The Kier molecular flexibility index (Phi) is 5.73. The summed E-state index contributed by atoms with van der Waals surface area (Å²) in [6, 6.07) is 5.59. The van der Waals surface area contributed by atoms with E-state index in [1.165, 1.54) is 0 Å². The van der Waals surface area contributed by atoms with Gasteiger partial charge in [0, 0.05) is 56.8 Å². The number of aryl methyl sites for hydroxylation is 1. The fourth-order valence-electron chi connectivity index (χ4n) is 4.89. The third-order valence-electron chi connectivity index (χ3n) is 6.64. The Hall–Kier alpha value is -3.07. The Labute approximate surface area is 186 Å². The lowest BCUT2D eigenvalue weighted by atomic mass is 9.78. The van der Waals surface area contributed by atoms with E-state index in [0.717, 1.165) is 44.3 Å². The molecular formula is C23H28N6O3. The Morgan fingerprint density at radius 3 is 2.91 bits per heavy atom. The molecule has 2 saturated heterocycles. The van der Waals surface area contributed by atoms with Crippen molar-refractivity contribution >= 4 is 5.91 Å². The Balaban J connectivity index is 1.19. The van der Waals surface area contributed by atoms with Gasteiger partial charge in [-0.05, 0) is 56.7 Å². The quantitative estimate of drug-likeness (QED) is 0.606. The zero-order chi connectivity index (χ0) is 22.0. The van der Waals surface area contributed by atoms with E-state index in [-0.39, 0.29) is 11.5 Å². The van der Waals surface area contributed by atoms with Crippen LogP contribution in [0.3, 0.4) is 0 Å². The lowest BCUT2D eigenvalue weighted by Gasteiger charge is -2.46. The maximum atomic E-state index is 12.9. The molecule has 3 aromatic heterocycles. The average Bonchev–Trinajstić information content (AvgIpc) is 3.49. The van der Waals surface area contributed by atoms with Crippen LogP contribution in [0.5, 0.6) is 0 Å². The minimum atomic E-state index is -0.170. The van der Waals surface area contributed by atoms with Gasteiger partial charge in [-0.3, -0.25) is 14.5 Å². The second kappa shape index (κ2) is 8.82. The van der Waals surface area contributed by atoms with Crippen LogP contribution in [-0.2, 0) is 17.7 Å². The molecule has 5 heterocycles. The number of piperidine rings is 1. The van der Waals surface area contributed by atoms with Crippen LogP contribution in [0.4, 0.5) is 0 Å². The van der Waals surface area contributed by atoms with Gasteiger partial charge in [0.15, 0.2) is 0 Å². The lowest BCUT2D eigenvalue weighted by molar-refractivity contribution is -0.124. The molecule has 2 fully saturated rings. The number of rotatable bonds is 5. The number of amides is 1. The van der Waals surface area contributed by atoms with Crippen molar-refractivity contribution in [2.45, 2.75) is 51.2 Å². The highest BCUT2D eigenvalue weighted by atomic mass is 16.5. The molecule has 1 amide bonds. The number of carbonyl (C=O) groups excluding carboxylic acids is 1. The van der Waals surface area contributed by atoms with Gasteiger partial charge in [-0.15, -0.1) is 0 Å². The number of pyridine rings is 1. The molecule has 0 saturated carbocycles. The molecule has 0 aromatic carbocycles. The standard InChI is InChI=1S/C23H28N6O3/c1-2-29-19(5-10-25-29)22(30)28-11-7-23(8-12-28)15-17(6-13-31-23)14-20-26-21(27-32-20)18-4-3-9-24-16-18/h3-5,9-10,16-17H,2,6-8,11-15H2,1H3. The van der Waals surface area contributed by atoms with Crippen molar-refractivity contribution in [3.8, 4) is 11.4 Å². The first-order valence-corrected chi connectivity index (χ1v) is 11.3. The summed E-state index contributed by atoms with van der Waals surface area (Å²) in [7, 11) is 0. The van der Waals surface area contributed by atoms with Crippen molar-refractivity contribution in [2.75, 3.05) is 19.7 Å². The van der Waals surface area contributed by atoms with Crippen molar-refractivity contribution < 1.29 is 14.1 Å². The SMILES string of the molecule is CCn1nccc1C(=O)N1CCC2(CC1)CC(Cc1nc(-c3cccnc3)no1)CCO2. The first-order valence-electron chi connectivity index (χ1n) is 11.3. The van der Waals surface area contributed by atoms with Crippen LogP contribution >= 0.6 is 0 Å². The van der Waals surface area contributed by atoms with Gasteiger partial charge in [-0.25, -0.2) is 0 Å². The summed E-state index contributed by atoms with van der Waals surface area (Å²) in [6.07, 6.45) is 9.52. The summed E-state index contributed by atoms with van der Waals surface area (Å²) in [6.45, 7) is 4.81. The predicted octanol–water partition coefficient (Wildman–Crippen LogP) is 2.99. The summed E-state index contributed by atoms with van der Waals surface area (Å²) >= 11 is 0. The number of aromatic nitrogens is 5. The molecule has 5 rings (SSSR count). The van der Waals surface area contributed by atoms with Gasteiger partial charge < -0.3 is 14.2 Å². The van der Waals surface area contributed by atoms with E-state index in [9.17, 15) is 4.79 Å². The van der Waals surface area contributed by atoms with E-state index >= 15 is 0 Å². The first kappa shape index (κ1) is 20.8. The van der Waals surface area contributed by atoms with Crippen LogP contribution in [0.15, 0.2) is 41.3 Å². The maximum Gasteiger partial charge on any atom is 0.272 e. The molecule has 1 spiro atoms. The van der Waals surface area contributed by atoms with E-state index < -0.39 is 0 Å². The number of nitrogens with zero attached hydrogens (tertiary/aromatic N) is 6. The van der Waals surface area contributed by atoms with Gasteiger partial charge in [0.2, 0.25) is 11.7 Å². The molecule has 3 aromatic rings. The number of likely N-dealkylation sites (tertiary alicyclic amines) is 1. The molecule has 168 valence electrons. The second-order valence-electron chi connectivity index (χ2n) is 8.67. The molecule has 0 radical (unpaired) electrons. The molecular weight excluding hydrogens is 408 g/mol. The van der Waals surface area contributed by atoms with Gasteiger partial charge in [-0.2, -0.15) is 10.1 Å². The molecule has 9 heteroatoms. The van der Waals surface area contributed by atoms with Crippen LogP contribution < -0.4 is 0 Å². The molecule has 1 atom stereocenters. The lowest BCUT2D eigenvalue weighted by Crippen LogP contribution is -2.51. The number of ether oxygens (including phenoxy) is 1. The van der Waals surface area contributed by atoms with Crippen molar-refractivity contribution in [2.24, 2.45) is 5.92 Å². The zero-order valence-electron chi connectivity index (χ0n) is 18.3. The van der Waals surface area contributed by atoms with Crippen LogP contribution in [0, 0.1) is 5.92 Å². The normalized spacial score (nSPS) is 20.5. The second-order valence-corrected chi connectivity index (χ2v) is 8.67. The van der Waals surface area contributed by atoms with Crippen LogP contribution in [0.25, 0.3) is 11.4 Å². The number of carbonyl (C=O) groups is 1. The molecule has 32 heavy (non-hydrogen) atoms. The minimum absolute atomic E-state index is 0.0559. The van der Waals surface area contributed by atoms with Crippen LogP contribution in [-0.4, -0.2) is 61.0 Å². The van der Waals surface area contributed by atoms with E-state index in [4.69, 9.17) is 9.26 Å². The summed E-state index contributed by atoms with van der Waals surface area (Å²) in [4.78, 5) is 23.5. The van der Waals surface area contributed by atoms with Gasteiger partial charge in [0.05, 0.1) is 5.60 Å². The third kappa shape index (κ3) is 4.17. The van der Waals surface area contributed by atoms with Crippen molar-refractivity contribution in [1.29, 1.82) is 0 Å². The Morgan fingerprint density at radius 1 is 1.25 bits per heavy atom. The molecule has 9 nitrogen and oxygen atoms in total. The summed E-state index contributed by atoms with van der Waals surface area (Å²) in [5.41, 5.74) is 1.34. The first-order chi connectivity index (χ1) is 15.7. The predicted molar refractivity (Wildman–Crippen MR) is 116 cm³/mol.